The molecule has 1 atom stereocenters. The number of rotatable bonds is 2. The Labute approximate surface area is 83.9 Å². The van der Waals surface area contributed by atoms with E-state index in [2.05, 4.69) is 25.1 Å². The predicted octanol–water partition coefficient (Wildman–Crippen LogP) is 0.0794. The molecule has 0 amide bonds. The minimum absolute atomic E-state index is 0.189. The fourth-order valence-corrected chi connectivity index (χ4v) is 1.27. The van der Waals surface area contributed by atoms with E-state index in [-0.39, 0.29) is 6.61 Å². The van der Waals surface area contributed by atoms with Crippen LogP contribution in [0.3, 0.4) is 0 Å². The molecule has 1 aliphatic heterocycles. The van der Waals surface area contributed by atoms with E-state index in [1.807, 2.05) is 24.3 Å². The van der Waals surface area contributed by atoms with Crippen molar-refractivity contribution in [2.75, 3.05) is 6.61 Å². The van der Waals surface area contributed by atoms with Crippen LogP contribution in [0.1, 0.15) is 0 Å². The Morgan fingerprint density at radius 3 is 3.20 bits per heavy atom. The van der Waals surface area contributed by atoms with E-state index in [4.69, 9.17) is 4.84 Å². The summed E-state index contributed by atoms with van der Waals surface area (Å²) in [4.78, 5) is 15.7. The zero-order valence-corrected chi connectivity index (χ0v) is 7.57. The van der Waals surface area contributed by atoms with Gasteiger partial charge < -0.3 is 4.84 Å². The van der Waals surface area contributed by atoms with Crippen LogP contribution < -0.4 is 4.84 Å². The number of para-hydroxylation sites is 1. The monoisotopic (exact) mass is 209 g/mol. The number of fused-ring (bicyclic) bond motifs is 1. The SMILES string of the molecule is c1ccc2c(c1)nnn2OC1COOO1. The Morgan fingerprint density at radius 2 is 2.33 bits per heavy atom. The molecule has 7 heteroatoms. The van der Waals surface area contributed by atoms with E-state index in [1.165, 1.54) is 4.85 Å². The summed E-state index contributed by atoms with van der Waals surface area (Å²) in [5, 5.41) is 12.0. The Hall–Kier alpha value is -1.70. The molecule has 7 nitrogen and oxygen atoms in total. The molecule has 1 saturated heterocycles. The molecule has 1 aromatic carbocycles. The predicted molar refractivity (Wildman–Crippen MR) is 46.0 cm³/mol. The minimum Gasteiger partial charge on any atom is -0.357 e. The van der Waals surface area contributed by atoms with Crippen molar-refractivity contribution in [3.63, 3.8) is 0 Å². The van der Waals surface area contributed by atoms with Gasteiger partial charge in [0.1, 0.15) is 11.0 Å². The second kappa shape index (κ2) is 3.46. The first-order chi connectivity index (χ1) is 7.43. The van der Waals surface area contributed by atoms with E-state index in [0.717, 1.165) is 11.0 Å². The van der Waals surface area contributed by atoms with Crippen LogP contribution in [0, 0.1) is 0 Å². The van der Waals surface area contributed by atoms with Gasteiger partial charge in [-0.05, 0) is 17.3 Å². The van der Waals surface area contributed by atoms with Crippen molar-refractivity contribution in [1.29, 1.82) is 0 Å². The maximum absolute atomic E-state index is 5.30. The molecule has 3 rings (SSSR count). The summed E-state index contributed by atoms with van der Waals surface area (Å²) in [7, 11) is 0. The second-order valence-electron chi connectivity index (χ2n) is 2.93. The van der Waals surface area contributed by atoms with E-state index in [0.29, 0.717) is 0 Å². The van der Waals surface area contributed by atoms with Crippen LogP contribution in [-0.2, 0) is 14.8 Å². The van der Waals surface area contributed by atoms with Crippen molar-refractivity contribution < 1.29 is 19.7 Å². The average molecular weight is 209 g/mol. The zero-order valence-electron chi connectivity index (χ0n) is 7.57. The molecule has 0 N–H and O–H groups in total. The lowest BCUT2D eigenvalue weighted by Crippen LogP contribution is -2.27. The highest BCUT2D eigenvalue weighted by atomic mass is 17.5. The van der Waals surface area contributed by atoms with Crippen LogP contribution in [0.2, 0.25) is 0 Å². The van der Waals surface area contributed by atoms with Crippen LogP contribution in [-0.4, -0.2) is 28.1 Å². The highest BCUT2D eigenvalue weighted by Crippen LogP contribution is 2.10. The van der Waals surface area contributed by atoms with Gasteiger partial charge in [0.2, 0.25) is 0 Å². The lowest BCUT2D eigenvalue weighted by Gasteiger charge is -2.06. The summed E-state index contributed by atoms with van der Waals surface area (Å²) in [5.41, 5.74) is 1.50. The van der Waals surface area contributed by atoms with E-state index >= 15 is 0 Å². The molecule has 2 heterocycles. The van der Waals surface area contributed by atoms with Crippen LogP contribution in [0.5, 0.6) is 0 Å². The van der Waals surface area contributed by atoms with Crippen LogP contribution in [0.15, 0.2) is 24.3 Å². The highest BCUT2D eigenvalue weighted by Gasteiger charge is 2.22. The van der Waals surface area contributed by atoms with Gasteiger partial charge in [0.05, 0.1) is 0 Å². The van der Waals surface area contributed by atoms with Gasteiger partial charge in [-0.1, -0.05) is 22.0 Å². The van der Waals surface area contributed by atoms with Gasteiger partial charge in [0.25, 0.3) is 6.29 Å². The summed E-state index contributed by atoms with van der Waals surface area (Å²) >= 11 is 0. The molecule has 0 spiro atoms. The first-order valence-electron chi connectivity index (χ1n) is 4.36. The molecular weight excluding hydrogens is 202 g/mol. The first kappa shape index (κ1) is 8.60. The molecule has 0 aliphatic carbocycles. The standard InChI is InChI=1S/C8H7N3O4/c1-2-4-7-6(3-1)9-10-11(7)13-8-5-12-15-14-8/h1-4,8H,5H2. The minimum atomic E-state index is -0.630. The van der Waals surface area contributed by atoms with Crippen molar-refractivity contribution in [2.45, 2.75) is 6.29 Å². The Kier molecular flexibility index (Phi) is 1.98. The third-order valence-electron chi connectivity index (χ3n) is 1.94. The van der Waals surface area contributed by atoms with Gasteiger partial charge in [-0.3, -0.25) is 0 Å². The lowest BCUT2D eigenvalue weighted by molar-refractivity contribution is -0.472. The van der Waals surface area contributed by atoms with Crippen LogP contribution in [0.25, 0.3) is 11.0 Å². The molecule has 0 radical (unpaired) electrons. The number of aromatic nitrogens is 3. The van der Waals surface area contributed by atoms with Gasteiger partial charge in [-0.2, -0.15) is 9.78 Å². The molecule has 78 valence electrons. The summed E-state index contributed by atoms with van der Waals surface area (Å²) in [6, 6.07) is 7.42. The number of nitrogens with zero attached hydrogens (tertiary/aromatic N) is 3. The molecule has 1 unspecified atom stereocenters. The largest absolute Gasteiger partial charge is 0.357 e. The Balaban J connectivity index is 1.90. The Bertz CT molecular complexity index is 466. The molecule has 2 aromatic rings. The quantitative estimate of drug-likeness (QED) is 0.652. The number of hydrogen-bond donors (Lipinski definition) is 0. The van der Waals surface area contributed by atoms with Gasteiger partial charge in [-0.25, -0.2) is 0 Å². The normalized spacial score (nSPS) is 20.9. The first-order valence-corrected chi connectivity index (χ1v) is 4.36. The topological polar surface area (TPSA) is 67.6 Å². The average Bonchev–Trinajstić information content (AvgIpc) is 2.89. The maximum Gasteiger partial charge on any atom is 0.286 e. The van der Waals surface area contributed by atoms with Crippen molar-refractivity contribution >= 4 is 11.0 Å². The van der Waals surface area contributed by atoms with E-state index in [9.17, 15) is 0 Å². The number of benzene rings is 1. The number of hydrogen-bond acceptors (Lipinski definition) is 6. The third-order valence-corrected chi connectivity index (χ3v) is 1.94. The molecule has 1 fully saturated rings. The van der Waals surface area contributed by atoms with Crippen LogP contribution >= 0.6 is 0 Å². The summed E-state index contributed by atoms with van der Waals surface area (Å²) in [6.07, 6.45) is -0.630. The third kappa shape index (κ3) is 1.52. The molecule has 15 heavy (non-hydrogen) atoms. The Morgan fingerprint density at radius 1 is 1.40 bits per heavy atom. The smallest absolute Gasteiger partial charge is 0.286 e. The molecule has 0 saturated carbocycles. The van der Waals surface area contributed by atoms with Crippen molar-refractivity contribution in [2.24, 2.45) is 0 Å². The summed E-state index contributed by atoms with van der Waals surface area (Å²) in [5.74, 6) is 0. The van der Waals surface area contributed by atoms with Crippen molar-refractivity contribution in [1.82, 2.24) is 15.2 Å². The maximum atomic E-state index is 5.30. The summed E-state index contributed by atoms with van der Waals surface area (Å²) < 4.78 is 0. The van der Waals surface area contributed by atoms with Crippen molar-refractivity contribution in [3.8, 4) is 0 Å². The molecular formula is C8H7N3O4. The zero-order chi connectivity index (χ0) is 10.1. The molecule has 0 bridgehead atoms. The lowest BCUT2D eigenvalue weighted by atomic mass is 10.3. The second-order valence-corrected chi connectivity index (χ2v) is 2.93. The van der Waals surface area contributed by atoms with Crippen molar-refractivity contribution in [3.05, 3.63) is 24.3 Å². The summed E-state index contributed by atoms with van der Waals surface area (Å²) in [6.45, 7) is 0.189. The van der Waals surface area contributed by atoms with Gasteiger partial charge >= 0.3 is 0 Å². The van der Waals surface area contributed by atoms with E-state index in [1.54, 1.807) is 0 Å². The van der Waals surface area contributed by atoms with Crippen LogP contribution in [0.4, 0.5) is 0 Å². The molecule has 1 aliphatic rings. The van der Waals surface area contributed by atoms with Gasteiger partial charge in [0.15, 0.2) is 6.61 Å². The molecule has 1 aromatic heterocycles. The van der Waals surface area contributed by atoms with Gasteiger partial charge in [0, 0.05) is 0 Å². The highest BCUT2D eigenvalue weighted by molar-refractivity contribution is 5.73. The fourth-order valence-electron chi connectivity index (χ4n) is 1.27. The van der Waals surface area contributed by atoms with Gasteiger partial charge in [-0.15, -0.1) is 5.10 Å². The fraction of sp³-hybridized carbons (Fsp3) is 0.250. The van der Waals surface area contributed by atoms with E-state index < -0.39 is 6.29 Å².